The topological polar surface area (TPSA) is 81.4 Å². The monoisotopic (exact) mass is 368 g/mol. The maximum Gasteiger partial charge on any atom is 0.306 e. The number of rotatable bonds is 6. The first-order valence-electron chi connectivity index (χ1n) is 7.65. The van der Waals surface area contributed by atoms with Gasteiger partial charge in [-0.05, 0) is 45.4 Å². The van der Waals surface area contributed by atoms with Gasteiger partial charge in [-0.3, -0.25) is 9.59 Å². The van der Waals surface area contributed by atoms with E-state index in [1.807, 2.05) is 0 Å². The van der Waals surface area contributed by atoms with Gasteiger partial charge >= 0.3 is 5.97 Å². The van der Waals surface area contributed by atoms with Gasteiger partial charge in [0.05, 0.1) is 10.7 Å². The lowest BCUT2D eigenvalue weighted by molar-refractivity contribution is -0.153. The quantitative estimate of drug-likeness (QED) is 0.788. The highest BCUT2D eigenvalue weighted by Crippen LogP contribution is 2.20. The summed E-state index contributed by atoms with van der Waals surface area (Å²) in [5.74, 6) is -0.976. The molecule has 1 aromatic carbocycles. The molecule has 0 aliphatic rings. The molecule has 0 aliphatic carbocycles. The largest absolute Gasteiger partial charge is 0.453 e. The van der Waals surface area contributed by atoms with Crippen LogP contribution in [0.1, 0.15) is 30.4 Å². The lowest BCUT2D eigenvalue weighted by atomic mass is 10.1. The van der Waals surface area contributed by atoms with Crippen LogP contribution in [0.25, 0.3) is 0 Å². The van der Waals surface area contributed by atoms with E-state index in [9.17, 15) is 14.0 Å². The van der Waals surface area contributed by atoms with E-state index >= 15 is 0 Å². The maximum atomic E-state index is 13.1. The first-order chi connectivity index (χ1) is 11.8. The number of benzene rings is 1. The fourth-order valence-corrected chi connectivity index (χ4v) is 2.39. The molecule has 0 radical (unpaired) electrons. The first-order valence-corrected chi connectivity index (χ1v) is 8.03. The van der Waals surface area contributed by atoms with Gasteiger partial charge in [0.15, 0.2) is 6.10 Å². The Hall–Kier alpha value is -2.41. The minimum atomic E-state index is -0.999. The van der Waals surface area contributed by atoms with Crippen LogP contribution < -0.4 is 5.32 Å². The van der Waals surface area contributed by atoms with Crippen molar-refractivity contribution < 1.29 is 23.2 Å². The number of esters is 1. The molecule has 1 N–H and O–H groups in total. The summed E-state index contributed by atoms with van der Waals surface area (Å²) in [7, 11) is 0. The van der Waals surface area contributed by atoms with E-state index in [1.54, 1.807) is 13.8 Å². The van der Waals surface area contributed by atoms with Crippen molar-refractivity contribution in [2.75, 3.05) is 5.32 Å². The van der Waals surface area contributed by atoms with Crippen molar-refractivity contribution in [1.29, 1.82) is 0 Å². The predicted octanol–water partition coefficient (Wildman–Crippen LogP) is 3.59. The van der Waals surface area contributed by atoms with Crippen molar-refractivity contribution >= 4 is 29.2 Å². The van der Waals surface area contributed by atoms with Gasteiger partial charge in [0, 0.05) is 17.7 Å². The summed E-state index contributed by atoms with van der Waals surface area (Å²) in [5.41, 5.74) is 1.90. The number of aryl methyl sites for hydroxylation is 2. The summed E-state index contributed by atoms with van der Waals surface area (Å²) < 4.78 is 23.2. The zero-order chi connectivity index (χ0) is 18.6. The van der Waals surface area contributed by atoms with Crippen LogP contribution in [0.3, 0.4) is 0 Å². The molecule has 134 valence electrons. The number of halogens is 2. The molecule has 1 heterocycles. The van der Waals surface area contributed by atoms with Crippen molar-refractivity contribution in [1.82, 2.24) is 5.16 Å². The number of nitrogens with one attached hydrogen (secondary N) is 1. The zero-order valence-electron chi connectivity index (χ0n) is 14.1. The lowest BCUT2D eigenvalue weighted by Gasteiger charge is -2.13. The fourth-order valence-electron chi connectivity index (χ4n) is 2.21. The lowest BCUT2D eigenvalue weighted by Crippen LogP contribution is -2.30. The van der Waals surface area contributed by atoms with E-state index in [2.05, 4.69) is 10.5 Å². The van der Waals surface area contributed by atoms with Crippen LogP contribution in [-0.2, 0) is 20.7 Å². The summed E-state index contributed by atoms with van der Waals surface area (Å²) in [4.78, 5) is 23.9. The maximum absolute atomic E-state index is 13.1. The van der Waals surface area contributed by atoms with E-state index in [0.717, 1.165) is 17.3 Å². The number of amides is 1. The fraction of sp³-hybridized carbons (Fsp3) is 0.353. The number of carbonyl (C=O) groups excluding carboxylic acids is 2. The van der Waals surface area contributed by atoms with E-state index in [4.69, 9.17) is 20.9 Å². The Morgan fingerprint density at radius 1 is 1.40 bits per heavy atom. The average molecular weight is 369 g/mol. The Kier molecular flexibility index (Phi) is 6.14. The van der Waals surface area contributed by atoms with Gasteiger partial charge in [-0.1, -0.05) is 16.8 Å². The number of hydrogen-bond donors (Lipinski definition) is 1. The SMILES string of the molecule is Cc1noc(C)c1CCC(=O)O[C@H](C)C(=O)Nc1ccc(F)c(Cl)c1. The van der Waals surface area contributed by atoms with Crippen molar-refractivity contribution in [3.63, 3.8) is 0 Å². The third-order valence-corrected chi connectivity index (χ3v) is 3.91. The molecule has 0 bridgehead atoms. The number of anilines is 1. The van der Waals surface area contributed by atoms with Gasteiger partial charge in [-0.2, -0.15) is 0 Å². The van der Waals surface area contributed by atoms with Crippen molar-refractivity contribution in [3.05, 3.63) is 46.1 Å². The molecule has 0 spiro atoms. The minimum Gasteiger partial charge on any atom is -0.453 e. The Balaban J connectivity index is 1.85. The second kappa shape index (κ2) is 8.11. The molecule has 2 aromatic rings. The summed E-state index contributed by atoms with van der Waals surface area (Å²) in [6.45, 7) is 5.01. The van der Waals surface area contributed by atoms with Crippen LogP contribution in [0, 0.1) is 19.7 Å². The van der Waals surface area contributed by atoms with Gasteiger partial charge in [0.1, 0.15) is 11.6 Å². The molecular formula is C17H18ClFN2O4. The molecule has 1 aromatic heterocycles. The van der Waals surface area contributed by atoms with Crippen LogP contribution in [0.5, 0.6) is 0 Å². The Morgan fingerprint density at radius 3 is 2.72 bits per heavy atom. The second-order valence-electron chi connectivity index (χ2n) is 5.55. The van der Waals surface area contributed by atoms with E-state index in [0.29, 0.717) is 17.9 Å². The minimum absolute atomic E-state index is 0.100. The molecular weight excluding hydrogens is 351 g/mol. The van der Waals surface area contributed by atoms with Crippen molar-refractivity contribution in [3.8, 4) is 0 Å². The molecule has 25 heavy (non-hydrogen) atoms. The van der Waals surface area contributed by atoms with Gasteiger partial charge in [-0.25, -0.2) is 4.39 Å². The highest BCUT2D eigenvalue weighted by molar-refractivity contribution is 6.31. The first kappa shape index (κ1) is 18.9. The molecule has 0 aliphatic heterocycles. The number of ether oxygens (including phenoxy) is 1. The van der Waals surface area contributed by atoms with E-state index in [-0.39, 0.29) is 11.4 Å². The molecule has 6 nitrogen and oxygen atoms in total. The normalized spacial score (nSPS) is 11.9. The second-order valence-corrected chi connectivity index (χ2v) is 5.96. The summed E-state index contributed by atoms with van der Waals surface area (Å²) in [6, 6.07) is 3.78. The van der Waals surface area contributed by atoms with Crippen LogP contribution in [0.15, 0.2) is 22.7 Å². The van der Waals surface area contributed by atoms with Gasteiger partial charge in [-0.15, -0.1) is 0 Å². The summed E-state index contributed by atoms with van der Waals surface area (Å²) >= 11 is 5.65. The van der Waals surface area contributed by atoms with Crippen LogP contribution in [0.2, 0.25) is 5.02 Å². The molecule has 1 amide bonds. The average Bonchev–Trinajstić information content (AvgIpc) is 2.87. The molecule has 0 saturated carbocycles. The van der Waals surface area contributed by atoms with Gasteiger partial charge in [0.2, 0.25) is 0 Å². The highest BCUT2D eigenvalue weighted by Gasteiger charge is 2.19. The third-order valence-electron chi connectivity index (χ3n) is 3.62. The van der Waals surface area contributed by atoms with Crippen molar-refractivity contribution in [2.24, 2.45) is 0 Å². The van der Waals surface area contributed by atoms with E-state index < -0.39 is 23.8 Å². The Morgan fingerprint density at radius 2 is 2.12 bits per heavy atom. The smallest absolute Gasteiger partial charge is 0.306 e. The van der Waals surface area contributed by atoms with E-state index in [1.165, 1.54) is 19.1 Å². The molecule has 8 heteroatoms. The third kappa shape index (κ3) is 5.03. The van der Waals surface area contributed by atoms with Gasteiger partial charge in [0.25, 0.3) is 5.91 Å². The standard InChI is InChI=1S/C17H18ClFN2O4/c1-9-13(10(2)25-21-9)5-7-16(22)24-11(3)17(23)20-12-4-6-15(19)14(18)8-12/h4,6,8,11H,5,7H2,1-3H3,(H,20,23)/t11-/m1/s1. The Bertz CT molecular complexity index is 771. The summed E-state index contributed by atoms with van der Waals surface area (Å²) in [5, 5.41) is 6.22. The van der Waals surface area contributed by atoms with Crippen molar-refractivity contribution in [2.45, 2.75) is 39.7 Å². The molecule has 0 fully saturated rings. The number of nitrogens with zero attached hydrogens (tertiary/aromatic N) is 1. The highest BCUT2D eigenvalue weighted by atomic mass is 35.5. The number of hydrogen-bond acceptors (Lipinski definition) is 5. The van der Waals surface area contributed by atoms with Crippen LogP contribution in [-0.4, -0.2) is 23.1 Å². The molecule has 0 unspecified atom stereocenters. The number of aromatic nitrogens is 1. The zero-order valence-corrected chi connectivity index (χ0v) is 14.8. The van der Waals surface area contributed by atoms with Gasteiger partial charge < -0.3 is 14.6 Å². The van der Waals surface area contributed by atoms with Crippen LogP contribution in [0.4, 0.5) is 10.1 Å². The molecule has 2 rings (SSSR count). The van der Waals surface area contributed by atoms with Crippen LogP contribution >= 0.6 is 11.6 Å². The number of carbonyl (C=O) groups is 2. The Labute approximate surface area is 149 Å². The molecule has 1 atom stereocenters. The predicted molar refractivity (Wildman–Crippen MR) is 89.9 cm³/mol. The molecule has 0 saturated heterocycles. The summed E-state index contributed by atoms with van der Waals surface area (Å²) in [6.07, 6.45) is -0.480.